The molecule has 0 fully saturated rings. The monoisotopic (exact) mass is 383 g/mol. The van der Waals surface area contributed by atoms with E-state index < -0.39 is 0 Å². The molecule has 0 aliphatic rings. The minimum atomic E-state index is -0.245. The van der Waals surface area contributed by atoms with Crippen LogP contribution >= 0.6 is 28.1 Å². The molecule has 0 saturated carbocycles. The lowest BCUT2D eigenvalue weighted by Crippen LogP contribution is -2.37. The number of aryl methyl sites for hydroxylation is 1. The Morgan fingerprint density at radius 3 is 2.36 bits per heavy atom. The summed E-state index contributed by atoms with van der Waals surface area (Å²) in [5.41, 5.74) is 9.88. The summed E-state index contributed by atoms with van der Waals surface area (Å²) in [4.78, 5) is 13.0. The number of hydrogen-bond acceptors (Lipinski definition) is 4. The summed E-state index contributed by atoms with van der Waals surface area (Å²) < 4.78 is 3.28. The highest BCUT2D eigenvalue weighted by atomic mass is 79.9. The van der Waals surface area contributed by atoms with Crippen LogP contribution in [0, 0.1) is 20.8 Å². The lowest BCUT2D eigenvalue weighted by Gasteiger charge is -2.15. The molecule has 2 rings (SSSR count). The predicted octanol–water partition coefficient (Wildman–Crippen LogP) is 1.55. The van der Waals surface area contributed by atoms with Crippen LogP contribution in [0.15, 0.2) is 15.6 Å². The molecule has 22 heavy (non-hydrogen) atoms. The molecule has 0 unspecified atom stereocenters. The number of thiocarbonyl (C=S) groups is 1. The number of nitrogens with zero attached hydrogens (tertiary/aromatic N) is 4. The fourth-order valence-corrected chi connectivity index (χ4v) is 3.31. The number of benzene rings is 1. The zero-order valence-corrected chi connectivity index (χ0v) is 15.5. The van der Waals surface area contributed by atoms with E-state index in [2.05, 4.69) is 21.0 Å². The molecular formula is C14H18BrN5OS. The average Bonchev–Trinajstić information content (AvgIpc) is 2.69. The Balaban J connectivity index is 2.80. The number of hydrogen-bond donors (Lipinski definition) is 1. The first-order chi connectivity index (χ1) is 10.2. The fraction of sp³-hybridized carbons (Fsp3) is 0.357. The first-order valence-electron chi connectivity index (χ1n) is 6.63. The number of aromatic nitrogens is 3. The molecule has 6 nitrogen and oxygen atoms in total. The maximum atomic E-state index is 12.6. The second-order valence-electron chi connectivity index (χ2n) is 5.33. The van der Waals surface area contributed by atoms with Gasteiger partial charge in [-0.1, -0.05) is 12.2 Å². The highest BCUT2D eigenvalue weighted by molar-refractivity contribution is 9.10. The van der Waals surface area contributed by atoms with Crippen LogP contribution in [0.1, 0.15) is 22.3 Å². The van der Waals surface area contributed by atoms with Gasteiger partial charge in [0.15, 0.2) is 0 Å². The van der Waals surface area contributed by atoms with Crippen molar-refractivity contribution in [3.8, 4) is 5.69 Å². The fourth-order valence-electron chi connectivity index (χ4n) is 2.47. The van der Waals surface area contributed by atoms with Gasteiger partial charge in [-0.3, -0.25) is 0 Å². The second-order valence-corrected chi connectivity index (χ2v) is 6.48. The van der Waals surface area contributed by atoms with E-state index in [9.17, 15) is 4.79 Å². The summed E-state index contributed by atoms with van der Waals surface area (Å²) in [6.07, 6.45) is 0. The summed E-state index contributed by atoms with van der Waals surface area (Å²) >= 11 is 8.41. The van der Waals surface area contributed by atoms with Crippen LogP contribution < -0.4 is 16.4 Å². The lowest BCUT2D eigenvalue weighted by molar-refractivity contribution is 0.677. The third-order valence-electron chi connectivity index (χ3n) is 3.65. The van der Waals surface area contributed by atoms with Gasteiger partial charge in [0, 0.05) is 19.7 Å². The van der Waals surface area contributed by atoms with Gasteiger partial charge in [0.2, 0.25) is 4.73 Å². The first kappa shape index (κ1) is 16.7. The molecule has 118 valence electrons. The van der Waals surface area contributed by atoms with E-state index in [1.165, 1.54) is 9.36 Å². The number of nitrogens with two attached hydrogens (primary N) is 1. The molecule has 0 aliphatic carbocycles. The molecule has 1 heterocycles. The van der Waals surface area contributed by atoms with Crippen LogP contribution in [-0.4, -0.2) is 33.5 Å². The molecule has 1 aromatic heterocycles. The van der Waals surface area contributed by atoms with Gasteiger partial charge in [-0.25, -0.2) is 4.79 Å². The van der Waals surface area contributed by atoms with Crippen molar-refractivity contribution in [2.45, 2.75) is 20.8 Å². The van der Waals surface area contributed by atoms with E-state index in [0.717, 1.165) is 27.9 Å². The normalized spacial score (nSPS) is 10.8. The third kappa shape index (κ3) is 2.56. The molecule has 8 heteroatoms. The van der Waals surface area contributed by atoms with Crippen molar-refractivity contribution in [3.05, 3.63) is 43.5 Å². The van der Waals surface area contributed by atoms with E-state index >= 15 is 0 Å². The van der Waals surface area contributed by atoms with Crippen LogP contribution in [-0.2, 0) is 0 Å². The Labute approximate surface area is 142 Å². The predicted molar refractivity (Wildman–Crippen MR) is 95.7 cm³/mol. The maximum Gasteiger partial charge on any atom is 0.370 e. The second kappa shape index (κ2) is 5.85. The number of rotatable bonds is 3. The highest BCUT2D eigenvalue weighted by Gasteiger charge is 2.19. The molecule has 2 N–H and O–H groups in total. The van der Waals surface area contributed by atoms with Crippen molar-refractivity contribution in [2.75, 3.05) is 19.1 Å². The molecule has 2 aromatic rings. The average molecular weight is 384 g/mol. The minimum absolute atomic E-state index is 0.245. The maximum absolute atomic E-state index is 12.6. The number of halogens is 1. The summed E-state index contributed by atoms with van der Waals surface area (Å²) in [6, 6.07) is 1.90. The van der Waals surface area contributed by atoms with Gasteiger partial charge in [-0.2, -0.15) is 9.36 Å². The van der Waals surface area contributed by atoms with Gasteiger partial charge in [0.25, 0.3) is 0 Å². The Morgan fingerprint density at radius 2 is 1.91 bits per heavy atom. The SMILES string of the molecule is Cc1cc(C(N)=S)c(C)c(C)c1-n1nc(Br)n(N(C)C)c1=O. The van der Waals surface area contributed by atoms with Crippen molar-refractivity contribution in [3.63, 3.8) is 0 Å². The lowest BCUT2D eigenvalue weighted by atomic mass is 9.97. The van der Waals surface area contributed by atoms with Gasteiger partial charge in [0.1, 0.15) is 4.99 Å². The Morgan fingerprint density at radius 1 is 1.32 bits per heavy atom. The topological polar surface area (TPSA) is 69.1 Å². The molecule has 1 aromatic carbocycles. The smallest absolute Gasteiger partial charge is 0.370 e. The zero-order valence-electron chi connectivity index (χ0n) is 13.1. The standard InChI is InChI=1S/C14H18BrN5OS/c1-7-6-10(12(16)22)8(2)9(3)11(7)19-14(21)20(18(4)5)13(15)17-19/h6H,1-5H3,(H2,16,22). The van der Waals surface area contributed by atoms with E-state index in [0.29, 0.717) is 9.72 Å². The van der Waals surface area contributed by atoms with Gasteiger partial charge in [-0.05, 0) is 59.5 Å². The van der Waals surface area contributed by atoms with Gasteiger partial charge in [0.05, 0.1) is 5.69 Å². The van der Waals surface area contributed by atoms with Crippen molar-refractivity contribution >= 4 is 33.1 Å². The van der Waals surface area contributed by atoms with E-state index in [1.54, 1.807) is 19.1 Å². The van der Waals surface area contributed by atoms with Crippen LogP contribution in [0.3, 0.4) is 0 Å². The first-order valence-corrected chi connectivity index (χ1v) is 7.83. The third-order valence-corrected chi connectivity index (χ3v) is 4.37. The summed E-state index contributed by atoms with van der Waals surface area (Å²) in [6.45, 7) is 5.79. The van der Waals surface area contributed by atoms with Crippen molar-refractivity contribution in [1.82, 2.24) is 14.5 Å². The van der Waals surface area contributed by atoms with Gasteiger partial charge >= 0.3 is 5.69 Å². The van der Waals surface area contributed by atoms with Gasteiger partial charge in [-0.15, -0.1) is 5.10 Å². The summed E-state index contributed by atoms with van der Waals surface area (Å²) in [7, 11) is 3.55. The molecule has 0 bridgehead atoms. The van der Waals surface area contributed by atoms with E-state index in [1.807, 2.05) is 26.8 Å². The Kier molecular flexibility index (Phi) is 4.44. The summed E-state index contributed by atoms with van der Waals surface area (Å²) in [5, 5.41) is 5.98. The molecule has 0 aliphatic heterocycles. The quantitative estimate of drug-likeness (QED) is 0.814. The highest BCUT2D eigenvalue weighted by Crippen LogP contribution is 2.24. The van der Waals surface area contributed by atoms with Gasteiger partial charge < -0.3 is 10.7 Å². The largest absolute Gasteiger partial charge is 0.389 e. The molecule has 0 saturated heterocycles. The van der Waals surface area contributed by atoms with Crippen LogP contribution in [0.5, 0.6) is 0 Å². The Bertz CT molecular complexity index is 822. The summed E-state index contributed by atoms with van der Waals surface area (Å²) in [5.74, 6) is 0. The van der Waals surface area contributed by atoms with Crippen molar-refractivity contribution < 1.29 is 0 Å². The van der Waals surface area contributed by atoms with Crippen LogP contribution in [0.25, 0.3) is 5.69 Å². The van der Waals surface area contributed by atoms with Crippen molar-refractivity contribution in [2.24, 2.45) is 5.73 Å². The van der Waals surface area contributed by atoms with Crippen LogP contribution in [0.2, 0.25) is 0 Å². The Hall–Kier alpha value is -1.67. The minimum Gasteiger partial charge on any atom is -0.389 e. The molecule has 0 atom stereocenters. The molecular weight excluding hydrogens is 366 g/mol. The molecule has 0 amide bonds. The van der Waals surface area contributed by atoms with Crippen LogP contribution in [0.4, 0.5) is 0 Å². The van der Waals surface area contributed by atoms with Crippen molar-refractivity contribution in [1.29, 1.82) is 0 Å². The molecule has 0 radical (unpaired) electrons. The van der Waals surface area contributed by atoms with E-state index in [-0.39, 0.29) is 5.69 Å². The molecule has 0 spiro atoms. The zero-order chi connectivity index (χ0) is 16.8. The van der Waals surface area contributed by atoms with E-state index in [4.69, 9.17) is 18.0 Å².